The number of thioether (sulfide) groups is 1. The normalized spacial score (nSPS) is 10.3. The molecule has 0 aliphatic rings. The summed E-state index contributed by atoms with van der Waals surface area (Å²) < 4.78 is 1.02. The Hall–Kier alpha value is -0.970. The van der Waals surface area contributed by atoms with Gasteiger partial charge in [0.05, 0.1) is 5.75 Å². The SMILES string of the molecule is Cc1ccc(Br)cc1SCC(=O)Nc1ccc(Cl)cc1. The van der Waals surface area contributed by atoms with Gasteiger partial charge in [-0.25, -0.2) is 0 Å². The van der Waals surface area contributed by atoms with Crippen LogP contribution in [0.4, 0.5) is 5.69 Å². The van der Waals surface area contributed by atoms with Crippen molar-refractivity contribution in [2.75, 3.05) is 11.1 Å². The maximum atomic E-state index is 11.9. The van der Waals surface area contributed by atoms with Crippen molar-refractivity contribution in [2.24, 2.45) is 0 Å². The summed E-state index contributed by atoms with van der Waals surface area (Å²) in [7, 11) is 0. The number of nitrogens with one attached hydrogen (secondary N) is 1. The highest BCUT2D eigenvalue weighted by Crippen LogP contribution is 2.26. The minimum absolute atomic E-state index is 0.0308. The van der Waals surface area contributed by atoms with Crippen LogP contribution in [0, 0.1) is 6.92 Å². The Kier molecular flexibility index (Phi) is 5.52. The highest BCUT2D eigenvalue weighted by molar-refractivity contribution is 9.10. The summed E-state index contributed by atoms with van der Waals surface area (Å²) in [6, 6.07) is 13.1. The molecule has 0 saturated heterocycles. The number of anilines is 1. The van der Waals surface area contributed by atoms with Gasteiger partial charge in [-0.05, 0) is 48.9 Å². The summed E-state index contributed by atoms with van der Waals surface area (Å²) in [5, 5.41) is 3.50. The van der Waals surface area contributed by atoms with Crippen LogP contribution < -0.4 is 5.32 Å². The molecule has 0 bridgehead atoms. The van der Waals surface area contributed by atoms with Gasteiger partial charge in [0.1, 0.15) is 0 Å². The predicted octanol–water partition coefficient (Wildman–Crippen LogP) is 5.14. The number of halogens is 2. The zero-order valence-corrected chi connectivity index (χ0v) is 14.0. The fraction of sp³-hybridized carbons (Fsp3) is 0.133. The summed E-state index contributed by atoms with van der Waals surface area (Å²) in [5.41, 5.74) is 1.92. The molecule has 1 amide bonds. The Morgan fingerprint density at radius 2 is 1.95 bits per heavy atom. The van der Waals surface area contributed by atoms with Crippen LogP contribution in [0.25, 0.3) is 0 Å². The van der Waals surface area contributed by atoms with Crippen molar-refractivity contribution in [2.45, 2.75) is 11.8 Å². The summed E-state index contributed by atoms with van der Waals surface area (Å²) >= 11 is 10.8. The van der Waals surface area contributed by atoms with E-state index in [1.807, 2.05) is 25.1 Å². The van der Waals surface area contributed by atoms with Gasteiger partial charge in [-0.2, -0.15) is 0 Å². The van der Waals surface area contributed by atoms with Gasteiger partial charge in [-0.3, -0.25) is 4.79 Å². The van der Waals surface area contributed by atoms with Crippen molar-refractivity contribution in [3.8, 4) is 0 Å². The molecule has 0 aromatic heterocycles. The minimum Gasteiger partial charge on any atom is -0.325 e. The first-order valence-corrected chi connectivity index (χ1v) is 8.14. The smallest absolute Gasteiger partial charge is 0.234 e. The van der Waals surface area contributed by atoms with Crippen LogP contribution in [-0.4, -0.2) is 11.7 Å². The molecule has 2 rings (SSSR count). The Labute approximate surface area is 136 Å². The van der Waals surface area contributed by atoms with Crippen molar-refractivity contribution >= 4 is 50.9 Å². The molecule has 0 atom stereocenters. The van der Waals surface area contributed by atoms with Gasteiger partial charge in [0.25, 0.3) is 0 Å². The summed E-state index contributed by atoms with van der Waals surface area (Å²) in [5.74, 6) is 0.344. The number of benzene rings is 2. The van der Waals surface area contributed by atoms with Crippen LogP contribution in [0.5, 0.6) is 0 Å². The molecule has 20 heavy (non-hydrogen) atoms. The highest BCUT2D eigenvalue weighted by Gasteiger charge is 2.06. The molecule has 0 heterocycles. The Balaban J connectivity index is 1.92. The first-order chi connectivity index (χ1) is 9.54. The zero-order chi connectivity index (χ0) is 14.5. The van der Waals surface area contributed by atoms with Crippen molar-refractivity contribution < 1.29 is 4.79 Å². The fourth-order valence-electron chi connectivity index (χ4n) is 1.60. The Bertz CT molecular complexity index is 616. The largest absolute Gasteiger partial charge is 0.325 e. The molecule has 0 fully saturated rings. The minimum atomic E-state index is -0.0308. The van der Waals surface area contributed by atoms with Crippen LogP contribution in [0.15, 0.2) is 51.8 Å². The Morgan fingerprint density at radius 1 is 1.25 bits per heavy atom. The third-order valence-electron chi connectivity index (χ3n) is 2.64. The second kappa shape index (κ2) is 7.16. The predicted molar refractivity (Wildman–Crippen MR) is 89.7 cm³/mol. The van der Waals surface area contributed by atoms with Gasteiger partial charge in [0, 0.05) is 20.1 Å². The molecule has 0 aliphatic heterocycles. The number of carbonyl (C=O) groups excluding carboxylic acids is 1. The van der Waals surface area contributed by atoms with E-state index in [2.05, 4.69) is 21.2 Å². The third kappa shape index (κ3) is 4.54. The molecule has 1 N–H and O–H groups in total. The molecule has 0 saturated carbocycles. The molecule has 2 nitrogen and oxygen atoms in total. The molecule has 5 heteroatoms. The lowest BCUT2D eigenvalue weighted by Crippen LogP contribution is -2.13. The summed E-state index contributed by atoms with van der Waals surface area (Å²) in [4.78, 5) is 13.0. The van der Waals surface area contributed by atoms with Gasteiger partial charge in [0.15, 0.2) is 0 Å². The quantitative estimate of drug-likeness (QED) is 0.755. The van der Waals surface area contributed by atoms with E-state index in [9.17, 15) is 4.79 Å². The molecule has 2 aromatic carbocycles. The number of amides is 1. The summed E-state index contributed by atoms with van der Waals surface area (Å²) in [6.45, 7) is 2.03. The third-order valence-corrected chi connectivity index (χ3v) is 4.54. The molecular weight excluding hydrogens is 358 g/mol. The number of rotatable bonds is 4. The van der Waals surface area contributed by atoms with E-state index >= 15 is 0 Å². The molecule has 0 radical (unpaired) electrons. The van der Waals surface area contributed by atoms with Crippen molar-refractivity contribution in [1.29, 1.82) is 0 Å². The molecular formula is C15H13BrClNOS. The van der Waals surface area contributed by atoms with Crippen LogP contribution >= 0.6 is 39.3 Å². The number of hydrogen-bond acceptors (Lipinski definition) is 2. The second-order valence-corrected chi connectivity index (χ2v) is 6.62. The first kappa shape index (κ1) is 15.4. The van der Waals surface area contributed by atoms with Crippen molar-refractivity contribution in [3.63, 3.8) is 0 Å². The van der Waals surface area contributed by atoms with Crippen LogP contribution in [-0.2, 0) is 4.79 Å². The van der Waals surface area contributed by atoms with Gasteiger partial charge < -0.3 is 5.32 Å². The molecule has 0 aliphatic carbocycles. The monoisotopic (exact) mass is 369 g/mol. The van der Waals surface area contributed by atoms with Crippen LogP contribution in [0.3, 0.4) is 0 Å². The van der Waals surface area contributed by atoms with Crippen LogP contribution in [0.2, 0.25) is 5.02 Å². The van der Waals surface area contributed by atoms with Gasteiger partial charge in [0.2, 0.25) is 5.91 Å². The van der Waals surface area contributed by atoms with Gasteiger partial charge in [-0.15, -0.1) is 11.8 Å². The van der Waals surface area contributed by atoms with E-state index in [0.29, 0.717) is 10.8 Å². The van der Waals surface area contributed by atoms with Crippen LogP contribution in [0.1, 0.15) is 5.56 Å². The molecule has 104 valence electrons. The van der Waals surface area contributed by atoms with Gasteiger partial charge >= 0.3 is 0 Å². The average Bonchev–Trinajstić information content (AvgIpc) is 2.42. The maximum Gasteiger partial charge on any atom is 0.234 e. The maximum absolute atomic E-state index is 11.9. The number of hydrogen-bond donors (Lipinski definition) is 1. The van der Waals surface area contributed by atoms with E-state index in [0.717, 1.165) is 20.6 Å². The number of aryl methyl sites for hydroxylation is 1. The highest BCUT2D eigenvalue weighted by atomic mass is 79.9. The van der Waals surface area contributed by atoms with E-state index in [1.54, 1.807) is 24.3 Å². The van der Waals surface area contributed by atoms with E-state index in [1.165, 1.54) is 11.8 Å². The van der Waals surface area contributed by atoms with Gasteiger partial charge in [-0.1, -0.05) is 33.6 Å². The van der Waals surface area contributed by atoms with Crippen molar-refractivity contribution in [1.82, 2.24) is 0 Å². The summed E-state index contributed by atoms with van der Waals surface area (Å²) in [6.07, 6.45) is 0. The lowest BCUT2D eigenvalue weighted by molar-refractivity contribution is -0.113. The van der Waals surface area contributed by atoms with E-state index in [-0.39, 0.29) is 5.91 Å². The standard InChI is InChI=1S/C15H13BrClNOS/c1-10-2-3-11(16)8-14(10)20-9-15(19)18-13-6-4-12(17)5-7-13/h2-8H,9H2,1H3,(H,18,19). The lowest BCUT2D eigenvalue weighted by Gasteiger charge is -2.07. The number of carbonyl (C=O) groups is 1. The second-order valence-electron chi connectivity index (χ2n) is 4.25. The molecule has 0 unspecified atom stereocenters. The topological polar surface area (TPSA) is 29.1 Å². The Morgan fingerprint density at radius 3 is 2.65 bits per heavy atom. The molecule has 2 aromatic rings. The fourth-order valence-corrected chi connectivity index (χ4v) is 3.11. The first-order valence-electron chi connectivity index (χ1n) is 5.99. The molecule has 0 spiro atoms. The lowest BCUT2D eigenvalue weighted by atomic mass is 10.2. The zero-order valence-electron chi connectivity index (χ0n) is 10.8. The average molecular weight is 371 g/mol. The van der Waals surface area contributed by atoms with Crippen molar-refractivity contribution in [3.05, 3.63) is 57.5 Å². The van der Waals surface area contributed by atoms with E-state index < -0.39 is 0 Å². The van der Waals surface area contributed by atoms with E-state index in [4.69, 9.17) is 11.6 Å².